The zero-order chi connectivity index (χ0) is 23.2. The summed E-state index contributed by atoms with van der Waals surface area (Å²) in [5, 5.41) is 5.93. The van der Waals surface area contributed by atoms with Gasteiger partial charge in [-0.3, -0.25) is 0 Å². The molecule has 0 fully saturated rings. The van der Waals surface area contributed by atoms with Gasteiger partial charge >= 0.3 is 26.2 Å². The van der Waals surface area contributed by atoms with Crippen LogP contribution in [0.4, 0.5) is 0 Å². The van der Waals surface area contributed by atoms with Crippen molar-refractivity contribution in [3.8, 4) is 0 Å². The van der Waals surface area contributed by atoms with Gasteiger partial charge in [-0.1, -0.05) is 96.9 Å². The van der Waals surface area contributed by atoms with E-state index in [4.69, 9.17) is 0 Å². The summed E-state index contributed by atoms with van der Waals surface area (Å²) < 4.78 is 0. The smallest absolute Gasteiger partial charge is 1.00 e. The summed E-state index contributed by atoms with van der Waals surface area (Å²) in [5.74, 6) is 2.20. The van der Waals surface area contributed by atoms with Gasteiger partial charge in [0, 0.05) is 0 Å². The van der Waals surface area contributed by atoms with Crippen molar-refractivity contribution in [3.05, 3.63) is 81.9 Å². The Balaban J connectivity index is 0.00000204. The van der Waals surface area contributed by atoms with Gasteiger partial charge in [-0.25, -0.2) is 0 Å². The molecule has 0 aliphatic carbocycles. The van der Waals surface area contributed by atoms with E-state index in [2.05, 4.69) is 104 Å². The molecule has 0 N–H and O–H groups in total. The molecule has 0 amide bonds. The predicted molar refractivity (Wildman–Crippen MR) is 143 cm³/mol. The summed E-state index contributed by atoms with van der Waals surface area (Å²) in [4.78, 5) is 0. The van der Waals surface area contributed by atoms with Gasteiger partial charge in [0.05, 0.1) is 0 Å². The molecular weight excluding hydrogens is 546 g/mol. The minimum absolute atomic E-state index is 0. The molecule has 0 saturated carbocycles. The molecule has 0 aromatic heterocycles. The maximum absolute atomic E-state index is 2.48. The van der Waals surface area contributed by atoms with Crippen LogP contribution >= 0.6 is 0 Å². The first-order chi connectivity index (χ1) is 15.2. The summed E-state index contributed by atoms with van der Waals surface area (Å²) in [6, 6.07) is 19.2. The van der Waals surface area contributed by atoms with Crippen molar-refractivity contribution in [2.24, 2.45) is 0 Å². The summed E-state index contributed by atoms with van der Waals surface area (Å²) in [7, 11) is 0. The first-order valence-electron chi connectivity index (χ1n) is 12.6. The number of hydrogen-bond acceptors (Lipinski definition) is 0. The number of rotatable bonds is 7. The number of fused-ring (bicyclic) bond motifs is 2. The second-order valence-electron chi connectivity index (χ2n) is 10.9. The molecule has 0 aliphatic heterocycles. The molecule has 0 heterocycles. The molecule has 186 valence electrons. The van der Waals surface area contributed by atoms with E-state index in [-0.39, 0.29) is 51.0 Å². The van der Waals surface area contributed by atoms with Gasteiger partial charge in [0.1, 0.15) is 0 Å². The molecule has 3 heteroatoms. The van der Waals surface area contributed by atoms with E-state index in [1.807, 2.05) is 0 Å². The van der Waals surface area contributed by atoms with Crippen molar-refractivity contribution in [1.82, 2.24) is 0 Å². The summed E-state index contributed by atoms with van der Waals surface area (Å²) in [6.07, 6.45) is 2.21. The van der Waals surface area contributed by atoms with Gasteiger partial charge in [0.2, 0.25) is 0 Å². The minimum atomic E-state index is 0. The molecule has 0 aliphatic rings. The van der Waals surface area contributed by atoms with E-state index in [1.165, 1.54) is 54.9 Å². The van der Waals surface area contributed by atoms with Crippen molar-refractivity contribution in [2.75, 3.05) is 0 Å². The van der Waals surface area contributed by atoms with Gasteiger partial charge < -0.3 is 24.8 Å². The number of hydrogen-bond donors (Lipinski definition) is 0. The molecule has 0 saturated heterocycles. The molecule has 0 unspecified atom stereocenters. The molecule has 4 rings (SSSR count). The van der Waals surface area contributed by atoms with Crippen LogP contribution in [0.15, 0.2) is 48.5 Å². The molecule has 4 aromatic carbocycles. The Hall–Kier alpha value is -0.877. The Morgan fingerprint density at radius 1 is 0.657 bits per heavy atom. The Bertz CT molecular complexity index is 1190. The molecule has 4 aromatic rings. The van der Waals surface area contributed by atoms with Gasteiger partial charge in [-0.2, -0.15) is 12.1 Å². The fourth-order valence-electron chi connectivity index (χ4n) is 5.49. The maximum atomic E-state index is 2.48. The van der Waals surface area contributed by atoms with Crippen LogP contribution in [0.3, 0.4) is 0 Å². The fourth-order valence-corrected chi connectivity index (χ4v) is 5.49. The van der Waals surface area contributed by atoms with E-state index in [0.29, 0.717) is 23.7 Å². The van der Waals surface area contributed by atoms with Crippen molar-refractivity contribution < 1.29 is 51.0 Å². The SMILES string of the molecule is CC(C)c1ccc(C(C)C)c2[cH-]c(CC[c-]3ccc4c(C(C)C)ccc(C(C)C)c43)cc12.[Cl-].[Cl-].[Zr+4]. The number of halogens is 2. The first-order valence-corrected chi connectivity index (χ1v) is 12.6. The standard InChI is InChI=1S/C32H40.2ClH.Zr/c1-19(2)25-15-16-28(22(7)8)32-24(11-12-29(25)32)10-9-23-17-30-26(20(3)4)13-14-27(21(5)6)31(30)18-23;;;/h11-22H,9-10H2,1-8H3;2*1H;/q-2;;;+4/p-2. The van der Waals surface area contributed by atoms with Crippen LogP contribution < -0.4 is 24.8 Å². The maximum Gasteiger partial charge on any atom is 4.00 e. The van der Waals surface area contributed by atoms with Crippen LogP contribution in [-0.2, 0) is 39.0 Å². The third-order valence-electron chi connectivity index (χ3n) is 7.27. The van der Waals surface area contributed by atoms with Gasteiger partial charge in [0.15, 0.2) is 0 Å². The minimum Gasteiger partial charge on any atom is -1.00 e. The van der Waals surface area contributed by atoms with E-state index in [9.17, 15) is 0 Å². The largest absolute Gasteiger partial charge is 4.00 e. The van der Waals surface area contributed by atoms with Crippen LogP contribution in [0.25, 0.3) is 21.5 Å². The summed E-state index contributed by atoms with van der Waals surface area (Å²) in [5.41, 5.74) is 8.95. The monoisotopic (exact) mass is 584 g/mol. The van der Waals surface area contributed by atoms with Crippen LogP contribution in [0.1, 0.15) is 112 Å². The second kappa shape index (κ2) is 13.1. The second-order valence-corrected chi connectivity index (χ2v) is 10.9. The molecule has 0 radical (unpaired) electrons. The van der Waals surface area contributed by atoms with Gasteiger partial charge in [-0.15, -0.1) is 68.1 Å². The van der Waals surface area contributed by atoms with E-state index >= 15 is 0 Å². The molecule has 35 heavy (non-hydrogen) atoms. The van der Waals surface area contributed by atoms with Gasteiger partial charge in [-0.05, 0) is 18.3 Å². The zero-order valence-electron chi connectivity index (χ0n) is 22.6. The quantitative estimate of drug-likeness (QED) is 0.290. The van der Waals surface area contributed by atoms with Crippen LogP contribution in [0.2, 0.25) is 0 Å². The molecule has 0 spiro atoms. The topological polar surface area (TPSA) is 0 Å². The number of benzene rings is 2. The Morgan fingerprint density at radius 2 is 1.14 bits per heavy atom. The normalized spacial score (nSPS) is 11.4. The third-order valence-corrected chi connectivity index (χ3v) is 7.27. The molecule has 0 bridgehead atoms. The third kappa shape index (κ3) is 6.34. The van der Waals surface area contributed by atoms with E-state index in [1.54, 1.807) is 0 Å². The summed E-state index contributed by atoms with van der Waals surface area (Å²) in [6.45, 7) is 18.5. The fraction of sp³-hybridized carbons (Fsp3) is 0.438. The van der Waals surface area contributed by atoms with Crippen molar-refractivity contribution in [2.45, 2.75) is 91.9 Å². The van der Waals surface area contributed by atoms with Crippen LogP contribution in [0.5, 0.6) is 0 Å². The Labute approximate surface area is 244 Å². The van der Waals surface area contributed by atoms with Crippen molar-refractivity contribution >= 4 is 21.5 Å². The average Bonchev–Trinajstić information content (AvgIpc) is 3.34. The molecule has 0 nitrogen and oxygen atoms in total. The zero-order valence-corrected chi connectivity index (χ0v) is 26.6. The Kier molecular flexibility index (Phi) is 12.0. The molecule has 0 atom stereocenters. The predicted octanol–water partition coefficient (Wildman–Crippen LogP) is 3.72. The summed E-state index contributed by atoms with van der Waals surface area (Å²) >= 11 is 0. The number of aryl methyl sites for hydroxylation is 2. The van der Waals surface area contributed by atoms with Crippen LogP contribution in [0, 0.1) is 0 Å². The van der Waals surface area contributed by atoms with Crippen molar-refractivity contribution in [1.29, 1.82) is 0 Å². The Morgan fingerprint density at radius 3 is 1.69 bits per heavy atom. The van der Waals surface area contributed by atoms with E-state index in [0.717, 1.165) is 12.8 Å². The first kappa shape index (κ1) is 32.2. The van der Waals surface area contributed by atoms with Crippen LogP contribution in [-0.4, -0.2) is 0 Å². The van der Waals surface area contributed by atoms with Crippen molar-refractivity contribution in [3.63, 3.8) is 0 Å². The molecular formula is C32H40Cl2Zr. The van der Waals surface area contributed by atoms with Gasteiger partial charge in [0.25, 0.3) is 0 Å². The average molecular weight is 587 g/mol. The van der Waals surface area contributed by atoms with E-state index < -0.39 is 0 Å².